The summed E-state index contributed by atoms with van der Waals surface area (Å²) < 4.78 is 5.87. The highest BCUT2D eigenvalue weighted by Gasteiger charge is 2.23. The molecule has 2 aliphatic heterocycles. The van der Waals surface area contributed by atoms with Crippen molar-refractivity contribution in [3.8, 4) is 0 Å². The van der Waals surface area contributed by atoms with Crippen LogP contribution >= 0.6 is 0 Å². The van der Waals surface area contributed by atoms with Gasteiger partial charge >= 0.3 is 5.97 Å². The fourth-order valence-electron chi connectivity index (χ4n) is 5.34. The molecule has 0 aliphatic carbocycles. The molecule has 4 aromatic rings. The zero-order valence-corrected chi connectivity index (χ0v) is 21.7. The number of rotatable bonds is 5. The summed E-state index contributed by atoms with van der Waals surface area (Å²) in [6, 6.07) is 23.8. The molecule has 2 unspecified atom stereocenters. The number of aromatic nitrogens is 3. The van der Waals surface area contributed by atoms with Gasteiger partial charge in [0.15, 0.2) is 0 Å². The van der Waals surface area contributed by atoms with Crippen LogP contribution in [-0.4, -0.2) is 72.6 Å². The Bertz CT molecular complexity index is 1390. The lowest BCUT2D eigenvalue weighted by Crippen LogP contribution is -2.46. The molecular weight excluding hydrogens is 480 g/mol. The summed E-state index contributed by atoms with van der Waals surface area (Å²) >= 11 is 0. The Balaban J connectivity index is 1.04. The number of ether oxygens (including phenoxy) is 1. The van der Waals surface area contributed by atoms with Crippen LogP contribution in [0.15, 0.2) is 72.8 Å². The second-order valence-corrected chi connectivity index (χ2v) is 10.0. The predicted molar refractivity (Wildman–Crippen MR) is 148 cm³/mol. The first-order valence-electron chi connectivity index (χ1n) is 13.2. The highest BCUT2D eigenvalue weighted by Crippen LogP contribution is 2.26. The van der Waals surface area contributed by atoms with E-state index in [4.69, 9.17) is 9.57 Å². The maximum Gasteiger partial charge on any atom is 0.365 e. The van der Waals surface area contributed by atoms with E-state index in [2.05, 4.69) is 63.1 Å². The van der Waals surface area contributed by atoms with E-state index in [0.717, 1.165) is 45.0 Å². The van der Waals surface area contributed by atoms with Crippen molar-refractivity contribution in [1.82, 2.24) is 15.2 Å². The van der Waals surface area contributed by atoms with Gasteiger partial charge in [0.05, 0.1) is 17.8 Å². The molecule has 0 amide bonds. The van der Waals surface area contributed by atoms with Crippen molar-refractivity contribution in [1.29, 1.82) is 0 Å². The minimum absolute atomic E-state index is 0.250. The molecule has 0 saturated carbocycles. The molecular formula is C29H32N6O3. The Morgan fingerprint density at radius 3 is 1.89 bits per heavy atom. The van der Waals surface area contributed by atoms with Gasteiger partial charge in [-0.1, -0.05) is 17.0 Å². The Morgan fingerprint density at radius 2 is 1.29 bits per heavy atom. The molecule has 9 nitrogen and oxygen atoms in total. The van der Waals surface area contributed by atoms with Crippen LogP contribution in [0.25, 0.3) is 11.0 Å². The minimum Gasteiger partial charge on any atom is -0.372 e. The number of nitrogens with zero attached hydrogens (tertiary/aromatic N) is 6. The second-order valence-electron chi connectivity index (χ2n) is 10.0. The van der Waals surface area contributed by atoms with Crippen LogP contribution in [0.1, 0.15) is 24.2 Å². The summed E-state index contributed by atoms with van der Waals surface area (Å²) in [6.45, 7) is 9.82. The second kappa shape index (κ2) is 10.3. The van der Waals surface area contributed by atoms with Gasteiger partial charge in [0.1, 0.15) is 11.0 Å². The molecule has 2 aliphatic rings. The third kappa shape index (κ3) is 5.02. The normalized spacial score (nSPS) is 20.1. The standard InChI is InChI=1S/C29H32N6O3/c1-21-19-34(20-22(2)37-21)26-13-11-25(12-14-26)33-17-15-32(16-18-33)24-9-7-23(8-10-24)29(36)38-35-28-6-4-3-5-27(28)30-31-35/h3-14,21-22H,15-20H2,1-2H3. The number of carbonyl (C=O) groups is 1. The third-order valence-corrected chi connectivity index (χ3v) is 7.24. The van der Waals surface area contributed by atoms with Gasteiger partial charge in [-0.05, 0) is 79.7 Å². The number of anilines is 3. The fraction of sp³-hybridized carbons (Fsp3) is 0.345. The summed E-state index contributed by atoms with van der Waals surface area (Å²) in [7, 11) is 0. The fourth-order valence-corrected chi connectivity index (χ4v) is 5.34. The van der Waals surface area contributed by atoms with Crippen molar-refractivity contribution in [3.63, 3.8) is 0 Å². The van der Waals surface area contributed by atoms with Crippen LogP contribution in [0.3, 0.4) is 0 Å². The van der Waals surface area contributed by atoms with Gasteiger partial charge < -0.3 is 24.3 Å². The first-order valence-corrected chi connectivity index (χ1v) is 13.2. The molecule has 2 saturated heterocycles. The van der Waals surface area contributed by atoms with E-state index in [1.807, 2.05) is 36.4 Å². The highest BCUT2D eigenvalue weighted by molar-refractivity contribution is 5.90. The zero-order chi connectivity index (χ0) is 26.1. The van der Waals surface area contributed by atoms with Crippen LogP contribution in [0.5, 0.6) is 0 Å². The average molecular weight is 513 g/mol. The predicted octanol–water partition coefficient (Wildman–Crippen LogP) is 3.64. The van der Waals surface area contributed by atoms with Crippen molar-refractivity contribution in [2.75, 3.05) is 54.0 Å². The molecule has 0 bridgehead atoms. The minimum atomic E-state index is -0.471. The molecule has 9 heteroatoms. The number of benzene rings is 3. The maximum absolute atomic E-state index is 12.7. The lowest BCUT2D eigenvalue weighted by Gasteiger charge is -2.38. The van der Waals surface area contributed by atoms with Crippen molar-refractivity contribution >= 4 is 34.1 Å². The van der Waals surface area contributed by atoms with Gasteiger partial charge in [-0.25, -0.2) is 4.79 Å². The number of fused-ring (bicyclic) bond motifs is 1. The number of hydrogen-bond donors (Lipinski definition) is 0. The van der Waals surface area contributed by atoms with E-state index in [1.165, 1.54) is 16.2 Å². The summed E-state index contributed by atoms with van der Waals surface area (Å²) in [4.78, 5) is 26.4. The van der Waals surface area contributed by atoms with Gasteiger partial charge in [-0.3, -0.25) is 0 Å². The van der Waals surface area contributed by atoms with E-state index >= 15 is 0 Å². The maximum atomic E-state index is 12.7. The molecule has 0 N–H and O–H groups in total. The Morgan fingerprint density at radius 1 is 0.763 bits per heavy atom. The van der Waals surface area contributed by atoms with Crippen molar-refractivity contribution in [2.24, 2.45) is 0 Å². The number of piperazine rings is 1. The first-order chi connectivity index (χ1) is 18.5. The molecule has 2 fully saturated rings. The summed E-state index contributed by atoms with van der Waals surface area (Å²) in [5.74, 6) is -0.471. The Labute approximate surface area is 222 Å². The largest absolute Gasteiger partial charge is 0.372 e. The number of carbonyl (C=O) groups excluding carboxylic acids is 1. The van der Waals surface area contributed by atoms with Crippen molar-refractivity contribution in [2.45, 2.75) is 26.1 Å². The SMILES string of the molecule is CC1CN(c2ccc(N3CCN(c4ccc(C(=O)On5nnc6ccccc65)cc4)CC3)cc2)CC(C)O1. The van der Waals surface area contributed by atoms with E-state index in [1.54, 1.807) is 12.1 Å². The van der Waals surface area contributed by atoms with Gasteiger partial charge in [0.2, 0.25) is 0 Å². The van der Waals surface area contributed by atoms with Crippen molar-refractivity contribution < 1.29 is 14.4 Å². The number of hydrogen-bond acceptors (Lipinski definition) is 8. The van der Waals surface area contributed by atoms with E-state index in [9.17, 15) is 4.79 Å². The Hall–Kier alpha value is -4.11. The first kappa shape index (κ1) is 24.2. The molecule has 3 heterocycles. The van der Waals surface area contributed by atoms with Crippen molar-refractivity contribution in [3.05, 3.63) is 78.4 Å². The lowest BCUT2D eigenvalue weighted by atomic mass is 10.1. The summed E-state index contributed by atoms with van der Waals surface area (Å²) in [6.07, 6.45) is 0.500. The molecule has 0 radical (unpaired) electrons. The van der Waals surface area contributed by atoms with Gasteiger partial charge in [-0.15, -0.1) is 5.10 Å². The molecule has 38 heavy (non-hydrogen) atoms. The van der Waals surface area contributed by atoms with Gasteiger partial charge in [0, 0.05) is 56.3 Å². The topological polar surface area (TPSA) is 76.0 Å². The van der Waals surface area contributed by atoms with E-state index < -0.39 is 5.97 Å². The average Bonchev–Trinajstić information content (AvgIpc) is 3.35. The van der Waals surface area contributed by atoms with Crippen LogP contribution in [0.4, 0.5) is 17.1 Å². The monoisotopic (exact) mass is 512 g/mol. The molecule has 0 spiro atoms. The van der Waals surface area contributed by atoms with Crippen LogP contribution in [0, 0.1) is 0 Å². The van der Waals surface area contributed by atoms with Crippen LogP contribution in [-0.2, 0) is 4.74 Å². The molecule has 1 aromatic heterocycles. The third-order valence-electron chi connectivity index (χ3n) is 7.24. The highest BCUT2D eigenvalue weighted by atomic mass is 16.7. The molecule has 2 atom stereocenters. The summed E-state index contributed by atoms with van der Waals surface area (Å²) in [5.41, 5.74) is 5.39. The molecule has 196 valence electrons. The quantitative estimate of drug-likeness (QED) is 0.375. The van der Waals surface area contributed by atoms with E-state index in [-0.39, 0.29) is 12.2 Å². The lowest BCUT2D eigenvalue weighted by molar-refractivity contribution is -0.00522. The summed E-state index contributed by atoms with van der Waals surface area (Å²) in [5, 5.41) is 7.94. The van der Waals surface area contributed by atoms with Crippen LogP contribution in [0.2, 0.25) is 0 Å². The van der Waals surface area contributed by atoms with Gasteiger partial charge in [0.25, 0.3) is 0 Å². The van der Waals surface area contributed by atoms with E-state index in [0.29, 0.717) is 16.6 Å². The molecule has 6 rings (SSSR count). The Kier molecular flexibility index (Phi) is 6.59. The smallest absolute Gasteiger partial charge is 0.365 e. The number of para-hydroxylation sites is 1. The number of morpholine rings is 1. The van der Waals surface area contributed by atoms with Crippen LogP contribution < -0.4 is 19.5 Å². The zero-order valence-electron chi connectivity index (χ0n) is 21.7. The van der Waals surface area contributed by atoms with Gasteiger partial charge in [-0.2, -0.15) is 0 Å². The molecule has 3 aromatic carbocycles.